The van der Waals surface area contributed by atoms with E-state index < -0.39 is 0 Å². The fourth-order valence-electron chi connectivity index (χ4n) is 1.90. The average molecular weight is 238 g/mol. The average Bonchev–Trinajstić information content (AvgIpc) is 2.31. The number of aliphatic hydroxyl groups excluding tert-OH is 1. The molecule has 0 saturated carbocycles. The Bertz CT molecular complexity index is 408. The summed E-state index contributed by atoms with van der Waals surface area (Å²) in [7, 11) is 3.27. The zero-order valence-electron chi connectivity index (χ0n) is 11.5. The number of ether oxygens (including phenoxy) is 2. The van der Waals surface area contributed by atoms with E-state index in [2.05, 4.69) is 6.07 Å². The molecule has 1 aromatic carbocycles. The van der Waals surface area contributed by atoms with Crippen molar-refractivity contribution in [1.82, 2.24) is 0 Å². The molecule has 3 nitrogen and oxygen atoms in total. The van der Waals surface area contributed by atoms with Crippen LogP contribution < -0.4 is 9.47 Å². The van der Waals surface area contributed by atoms with E-state index in [1.54, 1.807) is 14.2 Å². The van der Waals surface area contributed by atoms with E-state index >= 15 is 0 Å². The fourth-order valence-corrected chi connectivity index (χ4v) is 1.90. The van der Waals surface area contributed by atoms with Gasteiger partial charge in [0.1, 0.15) is 0 Å². The standard InChI is InChI=1S/C14H22O3/c1-9-7-11(14(3,4)8-15)13(17-6)12(16-5)10(9)2/h7,15H,8H2,1-6H3. The number of aliphatic hydroxyl groups is 1. The molecule has 1 aromatic rings. The maximum absolute atomic E-state index is 9.49. The minimum absolute atomic E-state index is 0.0645. The maximum Gasteiger partial charge on any atom is 0.164 e. The van der Waals surface area contributed by atoms with E-state index in [9.17, 15) is 5.11 Å². The summed E-state index contributed by atoms with van der Waals surface area (Å²) in [5.41, 5.74) is 2.83. The third-order valence-corrected chi connectivity index (χ3v) is 3.28. The van der Waals surface area contributed by atoms with Crippen LogP contribution in [0.15, 0.2) is 6.07 Å². The Labute approximate surface area is 103 Å². The molecule has 1 N–H and O–H groups in total. The molecule has 0 spiro atoms. The van der Waals surface area contributed by atoms with Crippen molar-refractivity contribution in [3.05, 3.63) is 22.8 Å². The quantitative estimate of drug-likeness (QED) is 0.876. The molecular formula is C14H22O3. The van der Waals surface area contributed by atoms with Crippen molar-refractivity contribution in [2.24, 2.45) is 0 Å². The zero-order valence-corrected chi connectivity index (χ0v) is 11.5. The second-order valence-corrected chi connectivity index (χ2v) is 4.97. The molecular weight excluding hydrogens is 216 g/mol. The van der Waals surface area contributed by atoms with Gasteiger partial charge in [0.2, 0.25) is 0 Å². The predicted molar refractivity (Wildman–Crippen MR) is 69.1 cm³/mol. The summed E-state index contributed by atoms with van der Waals surface area (Å²) < 4.78 is 10.9. The van der Waals surface area contributed by atoms with Crippen LogP contribution >= 0.6 is 0 Å². The van der Waals surface area contributed by atoms with Crippen LogP contribution in [0, 0.1) is 13.8 Å². The molecule has 0 bridgehead atoms. The molecule has 1 rings (SSSR count). The monoisotopic (exact) mass is 238 g/mol. The van der Waals surface area contributed by atoms with Gasteiger partial charge in [0.15, 0.2) is 11.5 Å². The molecule has 0 amide bonds. The lowest BCUT2D eigenvalue weighted by Gasteiger charge is -2.27. The van der Waals surface area contributed by atoms with E-state index in [1.807, 2.05) is 27.7 Å². The van der Waals surface area contributed by atoms with Gasteiger partial charge in [-0.1, -0.05) is 19.9 Å². The van der Waals surface area contributed by atoms with Crippen molar-refractivity contribution in [2.75, 3.05) is 20.8 Å². The third-order valence-electron chi connectivity index (χ3n) is 3.28. The Hall–Kier alpha value is -1.22. The smallest absolute Gasteiger partial charge is 0.164 e. The van der Waals surface area contributed by atoms with Crippen LogP contribution in [0.5, 0.6) is 11.5 Å². The van der Waals surface area contributed by atoms with Crippen molar-refractivity contribution in [1.29, 1.82) is 0 Å². The molecule has 96 valence electrons. The molecule has 0 fully saturated rings. The van der Waals surface area contributed by atoms with Gasteiger partial charge in [0.25, 0.3) is 0 Å². The molecule has 0 atom stereocenters. The number of aryl methyl sites for hydroxylation is 1. The van der Waals surface area contributed by atoms with Gasteiger partial charge in [-0.3, -0.25) is 0 Å². The minimum atomic E-state index is -0.350. The lowest BCUT2D eigenvalue weighted by molar-refractivity contribution is 0.213. The van der Waals surface area contributed by atoms with Crippen LogP contribution in [0.25, 0.3) is 0 Å². The molecule has 3 heteroatoms. The molecule has 17 heavy (non-hydrogen) atoms. The normalized spacial score (nSPS) is 11.5. The topological polar surface area (TPSA) is 38.7 Å². The first-order chi connectivity index (χ1) is 7.88. The highest BCUT2D eigenvalue weighted by molar-refractivity contribution is 5.57. The number of hydrogen-bond donors (Lipinski definition) is 1. The van der Waals surface area contributed by atoms with Gasteiger partial charge in [-0.25, -0.2) is 0 Å². The van der Waals surface area contributed by atoms with E-state index in [4.69, 9.17) is 9.47 Å². The summed E-state index contributed by atoms with van der Waals surface area (Å²) in [5, 5.41) is 9.49. The van der Waals surface area contributed by atoms with Crippen molar-refractivity contribution in [3.63, 3.8) is 0 Å². The lowest BCUT2D eigenvalue weighted by Crippen LogP contribution is -2.23. The highest BCUT2D eigenvalue weighted by Crippen LogP contribution is 2.41. The maximum atomic E-state index is 9.49. The Morgan fingerprint density at radius 3 is 2.06 bits per heavy atom. The van der Waals surface area contributed by atoms with E-state index in [0.29, 0.717) is 0 Å². The van der Waals surface area contributed by atoms with Crippen molar-refractivity contribution in [3.8, 4) is 11.5 Å². The van der Waals surface area contributed by atoms with Crippen LogP contribution in [0.2, 0.25) is 0 Å². The SMILES string of the molecule is COc1c(C(C)(C)CO)cc(C)c(C)c1OC. The second kappa shape index (κ2) is 4.96. The first kappa shape index (κ1) is 13.8. The van der Waals surface area contributed by atoms with Crippen LogP contribution in [0.4, 0.5) is 0 Å². The molecule has 0 aliphatic heterocycles. The molecule has 0 saturated heterocycles. The molecule has 0 aliphatic carbocycles. The first-order valence-electron chi connectivity index (χ1n) is 5.72. The van der Waals surface area contributed by atoms with Crippen molar-refractivity contribution in [2.45, 2.75) is 33.1 Å². The highest BCUT2D eigenvalue weighted by atomic mass is 16.5. The summed E-state index contributed by atoms with van der Waals surface area (Å²) in [6.45, 7) is 8.08. The van der Waals surface area contributed by atoms with Crippen molar-refractivity contribution < 1.29 is 14.6 Å². The van der Waals surface area contributed by atoms with Crippen LogP contribution in [-0.2, 0) is 5.41 Å². The molecule has 0 heterocycles. The van der Waals surface area contributed by atoms with E-state index in [0.717, 1.165) is 28.2 Å². The summed E-state index contributed by atoms with van der Waals surface area (Å²) >= 11 is 0. The number of benzene rings is 1. The van der Waals surface area contributed by atoms with Gasteiger partial charge in [0, 0.05) is 11.0 Å². The molecule has 0 radical (unpaired) electrons. The van der Waals surface area contributed by atoms with E-state index in [-0.39, 0.29) is 12.0 Å². The Balaban J connectivity index is 3.56. The highest BCUT2D eigenvalue weighted by Gasteiger charge is 2.27. The third kappa shape index (κ3) is 2.39. The minimum Gasteiger partial charge on any atom is -0.493 e. The first-order valence-corrected chi connectivity index (χ1v) is 5.72. The number of rotatable bonds is 4. The van der Waals surface area contributed by atoms with Gasteiger partial charge in [0.05, 0.1) is 20.8 Å². The Kier molecular flexibility index (Phi) is 4.04. The van der Waals surface area contributed by atoms with Gasteiger partial charge in [-0.2, -0.15) is 0 Å². The van der Waals surface area contributed by atoms with E-state index in [1.165, 1.54) is 0 Å². The van der Waals surface area contributed by atoms with Gasteiger partial charge >= 0.3 is 0 Å². The summed E-state index contributed by atoms with van der Waals surface area (Å²) in [6, 6.07) is 2.06. The van der Waals surface area contributed by atoms with Crippen LogP contribution in [0.1, 0.15) is 30.5 Å². The van der Waals surface area contributed by atoms with Crippen LogP contribution in [-0.4, -0.2) is 25.9 Å². The Morgan fingerprint density at radius 1 is 1.12 bits per heavy atom. The Morgan fingerprint density at radius 2 is 1.65 bits per heavy atom. The largest absolute Gasteiger partial charge is 0.493 e. The molecule has 0 unspecified atom stereocenters. The van der Waals surface area contributed by atoms with Gasteiger partial charge in [-0.15, -0.1) is 0 Å². The molecule has 0 aromatic heterocycles. The number of hydrogen-bond acceptors (Lipinski definition) is 3. The zero-order chi connectivity index (χ0) is 13.2. The molecule has 0 aliphatic rings. The second-order valence-electron chi connectivity index (χ2n) is 4.97. The fraction of sp³-hybridized carbons (Fsp3) is 0.571. The lowest BCUT2D eigenvalue weighted by atomic mass is 9.83. The summed E-state index contributed by atoms with van der Waals surface area (Å²) in [4.78, 5) is 0. The summed E-state index contributed by atoms with van der Waals surface area (Å²) in [5.74, 6) is 1.47. The number of methoxy groups -OCH3 is 2. The van der Waals surface area contributed by atoms with Crippen LogP contribution in [0.3, 0.4) is 0 Å². The summed E-state index contributed by atoms with van der Waals surface area (Å²) in [6.07, 6.45) is 0. The predicted octanol–water partition coefficient (Wildman–Crippen LogP) is 2.59. The van der Waals surface area contributed by atoms with Gasteiger partial charge in [-0.05, 0) is 25.0 Å². The van der Waals surface area contributed by atoms with Crippen molar-refractivity contribution >= 4 is 0 Å². The van der Waals surface area contributed by atoms with Gasteiger partial charge < -0.3 is 14.6 Å².